The molecule has 0 amide bonds. The van der Waals surface area contributed by atoms with Crippen molar-refractivity contribution < 1.29 is 14.3 Å². The van der Waals surface area contributed by atoms with E-state index in [0.717, 1.165) is 42.9 Å². The van der Waals surface area contributed by atoms with Crippen molar-refractivity contribution in [1.29, 1.82) is 0 Å². The highest BCUT2D eigenvalue weighted by atomic mass is 16.6. The smallest absolute Gasteiger partial charge is 0.330 e. The standard InChI is InChI=1S/C20H27N3O3/c1-20(2,3)26-19(25)15-11-23-10-9-21-16(18(24)12-7-8-12)13-5-4-6-14(22-15)17(13)23/h4-6,12,15-16,21-22H,7-11H2,1-3H3. The Morgan fingerprint density at radius 1 is 1.23 bits per heavy atom. The molecule has 26 heavy (non-hydrogen) atoms. The molecule has 1 aromatic rings. The van der Waals surface area contributed by atoms with Gasteiger partial charge in [0.15, 0.2) is 5.78 Å². The van der Waals surface area contributed by atoms with Crippen molar-refractivity contribution in [2.24, 2.45) is 5.92 Å². The van der Waals surface area contributed by atoms with Gasteiger partial charge in [-0.1, -0.05) is 12.1 Å². The molecule has 2 heterocycles. The highest BCUT2D eigenvalue weighted by Gasteiger charge is 2.40. The monoisotopic (exact) mass is 357 g/mol. The van der Waals surface area contributed by atoms with Crippen molar-refractivity contribution in [2.45, 2.75) is 51.3 Å². The summed E-state index contributed by atoms with van der Waals surface area (Å²) in [7, 11) is 0. The molecule has 6 heteroatoms. The van der Waals surface area contributed by atoms with Crippen LogP contribution in [0.4, 0.5) is 11.4 Å². The predicted molar refractivity (Wildman–Crippen MR) is 100 cm³/mol. The zero-order chi connectivity index (χ0) is 18.5. The van der Waals surface area contributed by atoms with Gasteiger partial charge in [-0.3, -0.25) is 4.79 Å². The summed E-state index contributed by atoms with van der Waals surface area (Å²) in [5.41, 5.74) is 2.47. The first-order chi connectivity index (χ1) is 12.3. The molecule has 4 rings (SSSR count). The summed E-state index contributed by atoms with van der Waals surface area (Å²) < 4.78 is 5.57. The molecule has 1 aromatic carbocycles. The van der Waals surface area contributed by atoms with Crippen molar-refractivity contribution in [2.75, 3.05) is 29.9 Å². The lowest BCUT2D eigenvalue weighted by Gasteiger charge is -2.37. The van der Waals surface area contributed by atoms with E-state index < -0.39 is 11.6 Å². The number of Topliss-reactive ketones (excluding diaryl/α,β-unsaturated/α-hetero) is 1. The second-order valence-corrected chi connectivity index (χ2v) is 8.48. The number of carbonyl (C=O) groups excluding carboxylic acids is 2. The van der Waals surface area contributed by atoms with Gasteiger partial charge in [-0.05, 0) is 39.7 Å². The number of carbonyl (C=O) groups is 2. The average Bonchev–Trinajstić information content (AvgIpc) is 3.40. The number of benzene rings is 1. The van der Waals surface area contributed by atoms with E-state index in [1.54, 1.807) is 0 Å². The van der Waals surface area contributed by atoms with Gasteiger partial charge in [0.2, 0.25) is 0 Å². The Morgan fingerprint density at radius 3 is 2.69 bits per heavy atom. The van der Waals surface area contributed by atoms with Gasteiger partial charge in [0.05, 0.1) is 17.4 Å². The van der Waals surface area contributed by atoms with Gasteiger partial charge in [-0.2, -0.15) is 0 Å². The molecule has 2 atom stereocenters. The fourth-order valence-electron chi connectivity index (χ4n) is 3.83. The summed E-state index contributed by atoms with van der Waals surface area (Å²) in [4.78, 5) is 27.5. The number of anilines is 2. The fraction of sp³-hybridized carbons (Fsp3) is 0.600. The number of ketones is 1. The van der Waals surface area contributed by atoms with Gasteiger partial charge < -0.3 is 20.3 Å². The maximum Gasteiger partial charge on any atom is 0.330 e. The summed E-state index contributed by atoms with van der Waals surface area (Å²) in [6, 6.07) is 5.31. The van der Waals surface area contributed by atoms with Gasteiger partial charge in [-0.25, -0.2) is 4.79 Å². The highest BCUT2D eigenvalue weighted by Crippen LogP contribution is 2.42. The van der Waals surface area contributed by atoms with Gasteiger partial charge in [0.1, 0.15) is 11.6 Å². The average molecular weight is 357 g/mol. The van der Waals surface area contributed by atoms with E-state index in [0.29, 0.717) is 12.3 Å². The number of hydrogen-bond donors (Lipinski definition) is 2. The Labute approximate surface area is 154 Å². The first-order valence-corrected chi connectivity index (χ1v) is 9.48. The van der Waals surface area contributed by atoms with Crippen LogP contribution in [0.25, 0.3) is 0 Å². The summed E-state index contributed by atoms with van der Waals surface area (Å²) in [5, 5.41) is 6.76. The van der Waals surface area contributed by atoms with Crippen LogP contribution < -0.4 is 15.5 Å². The van der Waals surface area contributed by atoms with Crippen LogP contribution in [0.2, 0.25) is 0 Å². The Balaban J connectivity index is 1.64. The van der Waals surface area contributed by atoms with Crippen LogP contribution in [0.1, 0.15) is 45.2 Å². The van der Waals surface area contributed by atoms with Crippen LogP contribution in [0.5, 0.6) is 0 Å². The Kier molecular flexibility index (Phi) is 4.18. The Morgan fingerprint density at radius 2 is 2.00 bits per heavy atom. The molecule has 2 aliphatic heterocycles. The normalized spacial score (nSPS) is 25.0. The zero-order valence-electron chi connectivity index (χ0n) is 15.7. The molecule has 1 aliphatic carbocycles. The molecule has 0 aromatic heterocycles. The van der Waals surface area contributed by atoms with Crippen molar-refractivity contribution >= 4 is 23.1 Å². The summed E-state index contributed by atoms with van der Waals surface area (Å²) in [5.74, 6) is 0.270. The molecule has 1 saturated carbocycles. The van der Waals surface area contributed by atoms with Gasteiger partial charge in [0, 0.05) is 31.1 Å². The minimum Gasteiger partial charge on any atom is -0.458 e. The van der Waals surface area contributed by atoms with E-state index in [1.807, 2.05) is 39.0 Å². The summed E-state index contributed by atoms with van der Waals surface area (Å²) in [6.07, 6.45) is 2.02. The molecule has 2 N–H and O–H groups in total. The molecular weight excluding hydrogens is 330 g/mol. The molecule has 0 radical (unpaired) electrons. The number of nitrogens with zero attached hydrogens (tertiary/aromatic N) is 1. The number of para-hydroxylation sites is 1. The maximum absolute atomic E-state index is 12.8. The van der Waals surface area contributed by atoms with Crippen molar-refractivity contribution in [3.63, 3.8) is 0 Å². The summed E-state index contributed by atoms with van der Waals surface area (Å²) >= 11 is 0. The van der Waals surface area contributed by atoms with E-state index in [1.165, 1.54) is 0 Å². The van der Waals surface area contributed by atoms with Crippen LogP contribution in [0, 0.1) is 5.92 Å². The SMILES string of the molecule is CC(C)(C)OC(=O)C1CN2CCNC(C(=O)C3CC3)c3cccc(c32)N1. The quantitative estimate of drug-likeness (QED) is 0.809. The molecule has 0 saturated heterocycles. The third kappa shape index (κ3) is 3.30. The fourth-order valence-corrected chi connectivity index (χ4v) is 3.83. The molecular formula is C20H27N3O3. The zero-order valence-corrected chi connectivity index (χ0v) is 15.7. The first-order valence-electron chi connectivity index (χ1n) is 9.48. The minimum absolute atomic E-state index is 0.209. The van der Waals surface area contributed by atoms with Gasteiger partial charge >= 0.3 is 5.97 Å². The van der Waals surface area contributed by atoms with E-state index in [4.69, 9.17) is 4.74 Å². The second-order valence-electron chi connectivity index (χ2n) is 8.48. The van der Waals surface area contributed by atoms with Crippen LogP contribution in [0.3, 0.4) is 0 Å². The number of esters is 1. The van der Waals surface area contributed by atoms with Crippen molar-refractivity contribution in [3.05, 3.63) is 23.8 Å². The minimum atomic E-state index is -0.511. The van der Waals surface area contributed by atoms with Crippen LogP contribution >= 0.6 is 0 Å². The summed E-state index contributed by atoms with van der Waals surface area (Å²) in [6.45, 7) is 7.67. The van der Waals surface area contributed by atoms with Crippen molar-refractivity contribution in [3.8, 4) is 0 Å². The third-order valence-corrected chi connectivity index (χ3v) is 5.11. The lowest BCUT2D eigenvalue weighted by atomic mass is 9.95. The number of hydrogen-bond acceptors (Lipinski definition) is 6. The molecule has 6 nitrogen and oxygen atoms in total. The largest absolute Gasteiger partial charge is 0.458 e. The second kappa shape index (κ2) is 6.27. The molecule has 3 aliphatic rings. The molecule has 0 spiro atoms. The molecule has 2 unspecified atom stereocenters. The van der Waals surface area contributed by atoms with Crippen molar-refractivity contribution in [1.82, 2.24) is 5.32 Å². The van der Waals surface area contributed by atoms with E-state index in [2.05, 4.69) is 15.5 Å². The number of nitrogens with one attached hydrogen (secondary N) is 2. The first kappa shape index (κ1) is 17.3. The van der Waals surface area contributed by atoms with E-state index in [9.17, 15) is 9.59 Å². The van der Waals surface area contributed by atoms with E-state index >= 15 is 0 Å². The number of ether oxygens (including phenoxy) is 1. The van der Waals surface area contributed by atoms with Crippen LogP contribution in [-0.4, -0.2) is 43.0 Å². The van der Waals surface area contributed by atoms with Gasteiger partial charge in [0.25, 0.3) is 0 Å². The highest BCUT2D eigenvalue weighted by molar-refractivity contribution is 5.94. The molecule has 140 valence electrons. The number of rotatable bonds is 3. The van der Waals surface area contributed by atoms with Crippen LogP contribution in [-0.2, 0) is 14.3 Å². The van der Waals surface area contributed by atoms with Crippen LogP contribution in [0.15, 0.2) is 18.2 Å². The lowest BCUT2D eigenvalue weighted by Crippen LogP contribution is -2.49. The maximum atomic E-state index is 12.8. The topological polar surface area (TPSA) is 70.7 Å². The lowest BCUT2D eigenvalue weighted by molar-refractivity contribution is -0.155. The molecule has 1 fully saturated rings. The third-order valence-electron chi connectivity index (χ3n) is 5.11. The van der Waals surface area contributed by atoms with E-state index in [-0.39, 0.29) is 17.9 Å². The van der Waals surface area contributed by atoms with Gasteiger partial charge in [-0.15, -0.1) is 0 Å². The molecule has 0 bridgehead atoms. The Bertz CT molecular complexity index is 736. The predicted octanol–water partition coefficient (Wildman–Crippen LogP) is 2.25. The Hall–Kier alpha value is -2.08.